The summed E-state index contributed by atoms with van der Waals surface area (Å²) >= 11 is 0. The Morgan fingerprint density at radius 1 is 0.554 bits per heavy atom. The fourth-order valence-electron chi connectivity index (χ4n) is 8.73. The van der Waals surface area contributed by atoms with Gasteiger partial charge in [-0.1, -0.05) is 225 Å². The van der Waals surface area contributed by atoms with Crippen molar-refractivity contribution in [2.75, 3.05) is 19.8 Å². The monoisotopic (exact) mass is 926 g/mol. The minimum Gasteiger partial charge on any atom is -0.466 e. The Kier molecular flexibility index (Phi) is 42.4. The summed E-state index contributed by atoms with van der Waals surface area (Å²) in [5.74, 6) is -0.204. The zero-order chi connectivity index (χ0) is 47.4. The number of carbonyl (C=O) groups is 2. The molecule has 1 aliphatic rings. The lowest BCUT2D eigenvalue weighted by molar-refractivity contribution is -0.302. The first-order valence-corrected chi connectivity index (χ1v) is 27.5. The maximum atomic E-state index is 13.0. The van der Waals surface area contributed by atoms with Crippen LogP contribution in [0.4, 0.5) is 0 Å². The first-order chi connectivity index (χ1) is 31.7. The summed E-state index contributed by atoms with van der Waals surface area (Å²) in [6.45, 7) is 4.29. The molecule has 1 aliphatic heterocycles. The summed E-state index contributed by atoms with van der Waals surface area (Å²) < 4.78 is 16.6. The minimum absolute atomic E-state index is 0.0142. The number of amides is 1. The standard InChI is InChI=1S/C54H103NO10/c1-3-5-7-9-11-13-14-22-26-30-34-38-42-50(59)63-43-39-35-31-27-23-20-18-16-15-17-19-21-25-29-33-37-41-49(58)55-46(47(57)40-36-32-28-24-12-10-8-6-4-2)45-64-54-53(62)52(61)51(60)48(44-56)65-54/h36,40,46-48,51-54,56-57,60-62H,3-35,37-39,41-45H2,1-2H3,(H,55,58)/b40-36+. The van der Waals surface area contributed by atoms with Crippen LogP contribution in [0.2, 0.25) is 0 Å². The molecule has 0 bridgehead atoms. The van der Waals surface area contributed by atoms with Crippen molar-refractivity contribution in [1.82, 2.24) is 5.32 Å². The highest BCUT2D eigenvalue weighted by Crippen LogP contribution is 2.23. The van der Waals surface area contributed by atoms with E-state index in [1.54, 1.807) is 6.08 Å². The number of aliphatic hydroxyl groups excluding tert-OH is 5. The molecule has 1 heterocycles. The Morgan fingerprint density at radius 2 is 0.969 bits per heavy atom. The zero-order valence-corrected chi connectivity index (χ0v) is 42.0. The average molecular weight is 926 g/mol. The summed E-state index contributed by atoms with van der Waals surface area (Å²) in [5, 5.41) is 54.1. The Balaban J connectivity index is 2.07. The van der Waals surface area contributed by atoms with E-state index in [-0.39, 0.29) is 18.5 Å². The molecule has 7 atom stereocenters. The van der Waals surface area contributed by atoms with E-state index in [0.29, 0.717) is 19.4 Å². The molecule has 0 aromatic rings. The molecule has 384 valence electrons. The molecule has 0 aromatic carbocycles. The summed E-state index contributed by atoms with van der Waals surface area (Å²) in [5.41, 5.74) is 0. The van der Waals surface area contributed by atoms with Crippen molar-refractivity contribution >= 4 is 11.9 Å². The fraction of sp³-hybridized carbons (Fsp3) is 0.926. The number of hydrogen-bond donors (Lipinski definition) is 6. The molecule has 0 saturated carbocycles. The predicted octanol–water partition coefficient (Wildman–Crippen LogP) is 11.6. The normalized spacial score (nSPS) is 19.8. The van der Waals surface area contributed by atoms with Crippen molar-refractivity contribution in [2.45, 2.75) is 301 Å². The van der Waals surface area contributed by atoms with Crippen LogP contribution in [-0.4, -0.2) is 100 Å². The van der Waals surface area contributed by atoms with Crippen molar-refractivity contribution in [3.05, 3.63) is 12.2 Å². The zero-order valence-electron chi connectivity index (χ0n) is 42.0. The van der Waals surface area contributed by atoms with E-state index >= 15 is 0 Å². The second-order valence-electron chi connectivity index (χ2n) is 19.3. The molecule has 1 amide bonds. The summed E-state index contributed by atoms with van der Waals surface area (Å²) in [6, 6.07) is -0.812. The van der Waals surface area contributed by atoms with Crippen molar-refractivity contribution in [3.8, 4) is 0 Å². The van der Waals surface area contributed by atoms with Gasteiger partial charge in [-0.25, -0.2) is 0 Å². The van der Waals surface area contributed by atoms with E-state index < -0.39 is 49.5 Å². The third kappa shape index (κ3) is 35.2. The summed E-state index contributed by atoms with van der Waals surface area (Å²) in [7, 11) is 0. The van der Waals surface area contributed by atoms with Crippen LogP contribution in [-0.2, 0) is 23.8 Å². The molecule has 0 aliphatic carbocycles. The molecule has 1 rings (SSSR count). The number of unbranched alkanes of at least 4 members (excludes halogenated alkanes) is 33. The van der Waals surface area contributed by atoms with Gasteiger partial charge in [-0.05, 0) is 32.1 Å². The molecule has 1 saturated heterocycles. The smallest absolute Gasteiger partial charge is 0.305 e. The van der Waals surface area contributed by atoms with Gasteiger partial charge in [-0.3, -0.25) is 9.59 Å². The molecular formula is C54H103NO10. The van der Waals surface area contributed by atoms with E-state index in [1.807, 2.05) is 6.08 Å². The highest BCUT2D eigenvalue weighted by Gasteiger charge is 2.44. The Labute approximate surface area is 398 Å². The first-order valence-electron chi connectivity index (χ1n) is 27.5. The predicted molar refractivity (Wildman–Crippen MR) is 265 cm³/mol. The van der Waals surface area contributed by atoms with Crippen LogP contribution in [0.15, 0.2) is 12.2 Å². The lowest BCUT2D eigenvalue weighted by atomic mass is 9.99. The van der Waals surface area contributed by atoms with Gasteiger partial charge in [-0.15, -0.1) is 0 Å². The number of esters is 1. The van der Waals surface area contributed by atoms with E-state index in [9.17, 15) is 35.1 Å². The van der Waals surface area contributed by atoms with E-state index in [0.717, 1.165) is 70.6 Å². The molecule has 7 unspecified atom stereocenters. The van der Waals surface area contributed by atoms with Crippen LogP contribution in [0.25, 0.3) is 0 Å². The van der Waals surface area contributed by atoms with Gasteiger partial charge in [0.15, 0.2) is 6.29 Å². The number of carbonyl (C=O) groups excluding carboxylic acids is 2. The van der Waals surface area contributed by atoms with Crippen molar-refractivity contribution in [2.24, 2.45) is 0 Å². The van der Waals surface area contributed by atoms with E-state index in [2.05, 4.69) is 19.2 Å². The maximum absolute atomic E-state index is 13.0. The van der Waals surface area contributed by atoms with Gasteiger partial charge in [0.1, 0.15) is 24.4 Å². The summed E-state index contributed by atoms with van der Waals surface area (Å²) in [6.07, 6.45) is 40.1. The van der Waals surface area contributed by atoms with E-state index in [4.69, 9.17) is 14.2 Å². The molecule has 0 aromatic heterocycles. The number of allylic oxidation sites excluding steroid dienone is 1. The molecule has 6 N–H and O–H groups in total. The molecule has 11 nitrogen and oxygen atoms in total. The summed E-state index contributed by atoms with van der Waals surface area (Å²) in [4.78, 5) is 25.0. The van der Waals surface area contributed by atoms with Gasteiger partial charge in [0.2, 0.25) is 5.91 Å². The van der Waals surface area contributed by atoms with Crippen LogP contribution in [0.5, 0.6) is 0 Å². The second-order valence-corrected chi connectivity index (χ2v) is 19.3. The minimum atomic E-state index is -1.57. The molecule has 11 heteroatoms. The molecule has 0 spiro atoms. The number of ether oxygens (including phenoxy) is 3. The highest BCUT2D eigenvalue weighted by atomic mass is 16.7. The van der Waals surface area contributed by atoms with Gasteiger partial charge >= 0.3 is 5.97 Å². The molecule has 0 radical (unpaired) electrons. The number of rotatable bonds is 47. The molecular weight excluding hydrogens is 823 g/mol. The molecule has 1 fully saturated rings. The largest absolute Gasteiger partial charge is 0.466 e. The molecule has 65 heavy (non-hydrogen) atoms. The maximum Gasteiger partial charge on any atom is 0.305 e. The number of hydrogen-bond acceptors (Lipinski definition) is 10. The SMILES string of the molecule is CCCCCCCCC/C=C/C(O)C(COC1OC(CO)C(O)C(O)C1O)NC(=O)CCCCCCCCCCCCCCCCCCOC(=O)CCCCCCCCCCCCCC. The van der Waals surface area contributed by atoms with Crippen molar-refractivity contribution in [1.29, 1.82) is 0 Å². The van der Waals surface area contributed by atoms with Crippen LogP contribution in [0.1, 0.15) is 258 Å². The number of nitrogens with one attached hydrogen (secondary N) is 1. The van der Waals surface area contributed by atoms with Crippen LogP contribution in [0, 0.1) is 0 Å². The lowest BCUT2D eigenvalue weighted by Gasteiger charge is -2.40. The third-order valence-electron chi connectivity index (χ3n) is 13.2. The number of aliphatic hydroxyl groups is 5. The van der Waals surface area contributed by atoms with Crippen molar-refractivity contribution in [3.63, 3.8) is 0 Å². The van der Waals surface area contributed by atoms with Crippen LogP contribution in [0.3, 0.4) is 0 Å². The van der Waals surface area contributed by atoms with Gasteiger partial charge < -0.3 is 45.1 Å². The Bertz CT molecular complexity index is 1090. The topological polar surface area (TPSA) is 175 Å². The average Bonchev–Trinajstić information content (AvgIpc) is 3.30. The lowest BCUT2D eigenvalue weighted by Crippen LogP contribution is -2.60. The third-order valence-corrected chi connectivity index (χ3v) is 13.2. The van der Waals surface area contributed by atoms with Crippen LogP contribution < -0.4 is 5.32 Å². The van der Waals surface area contributed by atoms with Gasteiger partial charge in [0, 0.05) is 12.8 Å². The highest BCUT2D eigenvalue weighted by molar-refractivity contribution is 5.76. The second kappa shape index (κ2) is 44.9. The van der Waals surface area contributed by atoms with Gasteiger partial charge in [-0.2, -0.15) is 0 Å². The van der Waals surface area contributed by atoms with E-state index in [1.165, 1.54) is 161 Å². The Morgan fingerprint density at radius 3 is 1.43 bits per heavy atom. The van der Waals surface area contributed by atoms with Gasteiger partial charge in [0.05, 0.1) is 32.0 Å². The van der Waals surface area contributed by atoms with Gasteiger partial charge in [0.25, 0.3) is 0 Å². The van der Waals surface area contributed by atoms with Crippen LogP contribution >= 0.6 is 0 Å². The fourth-order valence-corrected chi connectivity index (χ4v) is 8.73. The van der Waals surface area contributed by atoms with Crippen molar-refractivity contribution < 1.29 is 49.3 Å². The Hall–Kier alpha value is -1.60. The first kappa shape index (κ1) is 61.4. The quantitative estimate of drug-likeness (QED) is 0.0196.